The summed E-state index contributed by atoms with van der Waals surface area (Å²) in [5.74, 6) is 0.491. The van der Waals surface area contributed by atoms with Gasteiger partial charge < -0.3 is 9.26 Å². The standard InChI is InChI=1S/C20H17ClN2O3/c1-13-2-4-14(5-3-13)18-22-17(26-23-18)12-25-19(24)20(10-11-20)15-6-8-16(21)9-7-15/h2-9H,10-12H2,1H3. The molecule has 0 N–H and O–H groups in total. The van der Waals surface area contributed by atoms with Gasteiger partial charge in [0.05, 0.1) is 5.41 Å². The zero-order chi connectivity index (χ0) is 18.1. The number of aromatic nitrogens is 2. The highest BCUT2D eigenvalue weighted by Crippen LogP contribution is 2.49. The summed E-state index contributed by atoms with van der Waals surface area (Å²) in [6.07, 6.45) is 1.54. The molecule has 1 heterocycles. The third-order valence-electron chi connectivity index (χ3n) is 4.64. The van der Waals surface area contributed by atoms with Gasteiger partial charge in [0.25, 0.3) is 5.89 Å². The maximum Gasteiger partial charge on any atom is 0.317 e. The second kappa shape index (κ2) is 6.57. The fraction of sp³-hybridized carbons (Fsp3) is 0.250. The van der Waals surface area contributed by atoms with E-state index in [9.17, 15) is 4.79 Å². The first kappa shape index (κ1) is 16.8. The molecule has 26 heavy (non-hydrogen) atoms. The molecule has 0 radical (unpaired) electrons. The van der Waals surface area contributed by atoms with Crippen LogP contribution in [0.1, 0.15) is 29.9 Å². The smallest absolute Gasteiger partial charge is 0.317 e. The fourth-order valence-corrected chi connectivity index (χ4v) is 3.03. The number of hydrogen-bond acceptors (Lipinski definition) is 5. The first-order chi connectivity index (χ1) is 12.6. The molecule has 6 heteroatoms. The molecule has 0 atom stereocenters. The van der Waals surface area contributed by atoms with Crippen LogP contribution in [0.3, 0.4) is 0 Å². The summed E-state index contributed by atoms with van der Waals surface area (Å²) in [6.45, 7) is 1.98. The number of carbonyl (C=O) groups is 1. The largest absolute Gasteiger partial charge is 0.455 e. The molecule has 0 unspecified atom stereocenters. The Morgan fingerprint density at radius 1 is 1.15 bits per heavy atom. The Bertz CT molecular complexity index is 928. The number of ether oxygens (including phenoxy) is 1. The highest BCUT2D eigenvalue weighted by Gasteiger charge is 2.52. The molecule has 132 valence electrons. The van der Waals surface area contributed by atoms with Gasteiger partial charge in [-0.15, -0.1) is 0 Å². The predicted molar refractivity (Wildman–Crippen MR) is 96.6 cm³/mol. The Balaban J connectivity index is 1.42. The molecule has 1 aliphatic carbocycles. The van der Waals surface area contributed by atoms with Crippen LogP contribution in [-0.4, -0.2) is 16.1 Å². The number of halogens is 1. The topological polar surface area (TPSA) is 65.2 Å². The zero-order valence-corrected chi connectivity index (χ0v) is 15.0. The van der Waals surface area contributed by atoms with Crippen LogP contribution in [0.4, 0.5) is 0 Å². The van der Waals surface area contributed by atoms with Gasteiger partial charge in [0.1, 0.15) is 0 Å². The average Bonchev–Trinajstić information content (AvgIpc) is 3.33. The minimum absolute atomic E-state index is 0.0347. The Morgan fingerprint density at radius 2 is 1.85 bits per heavy atom. The lowest BCUT2D eigenvalue weighted by Crippen LogP contribution is -2.23. The van der Waals surface area contributed by atoms with E-state index in [1.165, 1.54) is 0 Å². The van der Waals surface area contributed by atoms with Gasteiger partial charge in [0, 0.05) is 10.6 Å². The lowest BCUT2D eigenvalue weighted by Gasteiger charge is -2.14. The molecular formula is C20H17ClN2O3. The maximum atomic E-state index is 12.6. The third-order valence-corrected chi connectivity index (χ3v) is 4.89. The molecule has 0 bridgehead atoms. The minimum Gasteiger partial charge on any atom is -0.455 e. The number of aryl methyl sites for hydroxylation is 1. The fourth-order valence-electron chi connectivity index (χ4n) is 2.90. The van der Waals surface area contributed by atoms with E-state index in [2.05, 4.69) is 10.1 Å². The molecule has 1 aromatic heterocycles. The molecule has 1 aliphatic rings. The second-order valence-electron chi connectivity index (χ2n) is 6.54. The molecule has 0 aliphatic heterocycles. The van der Waals surface area contributed by atoms with E-state index in [-0.39, 0.29) is 18.5 Å². The van der Waals surface area contributed by atoms with Crippen molar-refractivity contribution in [2.45, 2.75) is 31.8 Å². The van der Waals surface area contributed by atoms with Crippen molar-refractivity contribution in [3.63, 3.8) is 0 Å². The Kier molecular flexibility index (Phi) is 4.24. The summed E-state index contributed by atoms with van der Waals surface area (Å²) >= 11 is 5.92. The molecule has 2 aromatic carbocycles. The van der Waals surface area contributed by atoms with Crippen LogP contribution in [0.25, 0.3) is 11.4 Å². The molecule has 0 spiro atoms. The number of benzene rings is 2. The molecule has 1 saturated carbocycles. The molecular weight excluding hydrogens is 352 g/mol. The van der Waals surface area contributed by atoms with Crippen LogP contribution in [0.5, 0.6) is 0 Å². The third kappa shape index (κ3) is 3.22. The normalized spacial score (nSPS) is 14.8. The number of nitrogens with zero attached hydrogens (tertiary/aromatic N) is 2. The quantitative estimate of drug-likeness (QED) is 0.621. The van der Waals surface area contributed by atoms with E-state index in [0.717, 1.165) is 29.5 Å². The Labute approximate surface area is 155 Å². The van der Waals surface area contributed by atoms with Crippen molar-refractivity contribution in [2.24, 2.45) is 0 Å². The molecule has 4 rings (SSSR count). The number of carbonyl (C=O) groups excluding carboxylic acids is 1. The van der Waals surface area contributed by atoms with Crippen LogP contribution in [0, 0.1) is 6.92 Å². The van der Waals surface area contributed by atoms with Gasteiger partial charge in [-0.3, -0.25) is 4.79 Å². The van der Waals surface area contributed by atoms with Gasteiger partial charge in [-0.05, 0) is 37.5 Å². The van der Waals surface area contributed by atoms with E-state index in [1.807, 2.05) is 43.3 Å². The van der Waals surface area contributed by atoms with Crippen LogP contribution < -0.4 is 0 Å². The van der Waals surface area contributed by atoms with E-state index in [0.29, 0.717) is 10.8 Å². The van der Waals surface area contributed by atoms with Gasteiger partial charge in [-0.25, -0.2) is 0 Å². The van der Waals surface area contributed by atoms with Crippen LogP contribution in [0.2, 0.25) is 5.02 Å². The van der Waals surface area contributed by atoms with Gasteiger partial charge in [0.2, 0.25) is 5.82 Å². The van der Waals surface area contributed by atoms with Crippen molar-refractivity contribution in [1.29, 1.82) is 0 Å². The predicted octanol–water partition coefficient (Wildman–Crippen LogP) is 4.47. The summed E-state index contributed by atoms with van der Waals surface area (Å²) in [6, 6.07) is 15.1. The SMILES string of the molecule is Cc1ccc(-c2noc(COC(=O)C3(c4ccc(Cl)cc4)CC3)n2)cc1. The lowest BCUT2D eigenvalue weighted by atomic mass is 9.96. The van der Waals surface area contributed by atoms with Crippen molar-refractivity contribution in [3.05, 3.63) is 70.6 Å². The zero-order valence-electron chi connectivity index (χ0n) is 14.2. The highest BCUT2D eigenvalue weighted by atomic mass is 35.5. The van der Waals surface area contributed by atoms with Crippen LogP contribution >= 0.6 is 11.6 Å². The van der Waals surface area contributed by atoms with E-state index in [4.69, 9.17) is 20.9 Å². The van der Waals surface area contributed by atoms with Gasteiger partial charge in [-0.2, -0.15) is 4.98 Å². The Hall–Kier alpha value is -2.66. The van der Waals surface area contributed by atoms with Gasteiger partial charge in [0.15, 0.2) is 6.61 Å². The summed E-state index contributed by atoms with van der Waals surface area (Å²) in [4.78, 5) is 16.9. The molecule has 3 aromatic rings. The summed E-state index contributed by atoms with van der Waals surface area (Å²) in [5.41, 5.74) is 2.38. The first-order valence-corrected chi connectivity index (χ1v) is 8.77. The monoisotopic (exact) mass is 368 g/mol. The van der Waals surface area contributed by atoms with Gasteiger partial charge >= 0.3 is 5.97 Å². The van der Waals surface area contributed by atoms with E-state index < -0.39 is 5.41 Å². The van der Waals surface area contributed by atoms with Crippen molar-refractivity contribution in [2.75, 3.05) is 0 Å². The van der Waals surface area contributed by atoms with E-state index >= 15 is 0 Å². The summed E-state index contributed by atoms with van der Waals surface area (Å²) < 4.78 is 10.6. The highest BCUT2D eigenvalue weighted by molar-refractivity contribution is 6.30. The van der Waals surface area contributed by atoms with E-state index in [1.54, 1.807) is 12.1 Å². The minimum atomic E-state index is -0.565. The molecule has 0 saturated heterocycles. The number of rotatable bonds is 5. The van der Waals surface area contributed by atoms with Crippen molar-refractivity contribution in [3.8, 4) is 11.4 Å². The van der Waals surface area contributed by atoms with Crippen LogP contribution in [0.15, 0.2) is 53.1 Å². The number of esters is 1. The molecule has 0 amide bonds. The van der Waals surface area contributed by atoms with Crippen molar-refractivity contribution >= 4 is 17.6 Å². The maximum absolute atomic E-state index is 12.6. The van der Waals surface area contributed by atoms with Crippen molar-refractivity contribution in [1.82, 2.24) is 10.1 Å². The molecule has 5 nitrogen and oxygen atoms in total. The lowest BCUT2D eigenvalue weighted by molar-refractivity contribution is -0.148. The second-order valence-corrected chi connectivity index (χ2v) is 6.98. The van der Waals surface area contributed by atoms with Crippen LogP contribution in [-0.2, 0) is 21.6 Å². The van der Waals surface area contributed by atoms with Crippen molar-refractivity contribution < 1.29 is 14.1 Å². The first-order valence-electron chi connectivity index (χ1n) is 8.40. The Morgan fingerprint density at radius 3 is 2.50 bits per heavy atom. The summed E-state index contributed by atoms with van der Waals surface area (Å²) in [5, 5.41) is 4.59. The average molecular weight is 369 g/mol. The van der Waals surface area contributed by atoms with Gasteiger partial charge in [-0.1, -0.05) is 58.7 Å². The summed E-state index contributed by atoms with van der Waals surface area (Å²) in [7, 11) is 0. The number of hydrogen-bond donors (Lipinski definition) is 0. The molecule has 1 fully saturated rings.